The molecule has 0 amide bonds. The van der Waals surface area contributed by atoms with Crippen LogP contribution in [0.15, 0.2) is 24.4 Å². The third kappa shape index (κ3) is 3.94. The smallest absolute Gasteiger partial charge is 0.125 e. The zero-order chi connectivity index (χ0) is 16.9. The van der Waals surface area contributed by atoms with Crippen molar-refractivity contribution in [3.63, 3.8) is 0 Å². The molecule has 0 aliphatic carbocycles. The highest BCUT2D eigenvalue weighted by Crippen LogP contribution is 2.22. The van der Waals surface area contributed by atoms with Gasteiger partial charge in [-0.25, -0.2) is 4.98 Å². The molecule has 1 saturated heterocycles. The minimum Gasteiger partial charge on any atom is -0.394 e. The fraction of sp³-hybridized carbons (Fsp3) is 0.556. The molecule has 6 nitrogen and oxygen atoms in total. The first-order valence-corrected chi connectivity index (χ1v) is 8.68. The largest absolute Gasteiger partial charge is 0.394 e. The fourth-order valence-electron chi connectivity index (χ4n) is 3.44. The number of likely N-dealkylation sites (tertiary alicyclic amines) is 1. The zero-order valence-corrected chi connectivity index (χ0v) is 14.6. The van der Waals surface area contributed by atoms with Crippen molar-refractivity contribution < 1.29 is 5.11 Å². The second-order valence-electron chi connectivity index (χ2n) is 6.58. The summed E-state index contributed by atoms with van der Waals surface area (Å²) in [4.78, 5) is 6.82. The maximum atomic E-state index is 9.13. The Morgan fingerprint density at radius 3 is 2.96 bits per heavy atom. The molecule has 1 aliphatic heterocycles. The summed E-state index contributed by atoms with van der Waals surface area (Å²) in [7, 11) is 0. The van der Waals surface area contributed by atoms with E-state index >= 15 is 0 Å². The summed E-state index contributed by atoms with van der Waals surface area (Å²) < 4.78 is 1.92. The number of nitrogens with one attached hydrogen (secondary N) is 1. The molecule has 3 heterocycles. The molecule has 0 radical (unpaired) electrons. The van der Waals surface area contributed by atoms with E-state index in [1.807, 2.05) is 29.1 Å². The second kappa shape index (κ2) is 7.77. The van der Waals surface area contributed by atoms with Gasteiger partial charge in [0.15, 0.2) is 0 Å². The molecule has 2 aromatic rings. The van der Waals surface area contributed by atoms with E-state index in [1.54, 1.807) is 0 Å². The van der Waals surface area contributed by atoms with Gasteiger partial charge in [-0.2, -0.15) is 5.10 Å². The van der Waals surface area contributed by atoms with Crippen molar-refractivity contribution in [1.82, 2.24) is 19.7 Å². The van der Waals surface area contributed by atoms with Gasteiger partial charge in [-0.05, 0) is 44.9 Å². The van der Waals surface area contributed by atoms with Crippen LogP contribution in [0, 0.1) is 19.8 Å². The number of aromatic nitrogens is 3. The van der Waals surface area contributed by atoms with Crippen LogP contribution in [0.4, 0.5) is 5.82 Å². The van der Waals surface area contributed by atoms with Gasteiger partial charge >= 0.3 is 0 Å². The first kappa shape index (κ1) is 16.9. The molecule has 1 fully saturated rings. The Labute approximate surface area is 143 Å². The van der Waals surface area contributed by atoms with Gasteiger partial charge in [0, 0.05) is 37.1 Å². The SMILES string of the molecule is Cc1nn(CCO)c(C)c1CN1CCC(CNc2ccccn2)C1. The van der Waals surface area contributed by atoms with Crippen LogP contribution < -0.4 is 5.32 Å². The standard InChI is InChI=1S/C18H27N5O/c1-14-17(15(2)23(21-14)9-10-24)13-22-8-6-16(12-22)11-20-18-5-3-4-7-19-18/h3-5,7,16,24H,6,8-13H2,1-2H3,(H,19,20). The van der Waals surface area contributed by atoms with E-state index in [1.165, 1.54) is 17.7 Å². The molecule has 2 N–H and O–H groups in total. The molecular weight excluding hydrogens is 302 g/mol. The molecule has 1 unspecified atom stereocenters. The second-order valence-corrected chi connectivity index (χ2v) is 6.58. The van der Waals surface area contributed by atoms with Gasteiger partial charge in [-0.1, -0.05) is 6.07 Å². The lowest BCUT2D eigenvalue weighted by molar-refractivity contribution is 0.267. The summed E-state index contributed by atoms with van der Waals surface area (Å²) in [6.45, 7) is 9.00. The Balaban J connectivity index is 1.53. The third-order valence-corrected chi connectivity index (χ3v) is 4.83. The molecule has 130 valence electrons. The van der Waals surface area contributed by atoms with E-state index in [9.17, 15) is 0 Å². The number of pyridine rings is 1. The van der Waals surface area contributed by atoms with Crippen molar-refractivity contribution in [1.29, 1.82) is 0 Å². The monoisotopic (exact) mass is 329 g/mol. The number of hydrogen-bond donors (Lipinski definition) is 2. The van der Waals surface area contributed by atoms with Crippen LogP contribution in [-0.2, 0) is 13.1 Å². The van der Waals surface area contributed by atoms with Crippen molar-refractivity contribution in [3.05, 3.63) is 41.3 Å². The molecule has 0 aromatic carbocycles. The van der Waals surface area contributed by atoms with Crippen LogP contribution in [0.5, 0.6) is 0 Å². The quantitative estimate of drug-likeness (QED) is 0.811. The molecule has 0 bridgehead atoms. The van der Waals surface area contributed by atoms with Gasteiger partial charge in [0.2, 0.25) is 0 Å². The minimum atomic E-state index is 0.131. The highest BCUT2D eigenvalue weighted by molar-refractivity contribution is 5.33. The van der Waals surface area contributed by atoms with Crippen LogP contribution in [0.2, 0.25) is 0 Å². The Bertz CT molecular complexity index is 655. The summed E-state index contributed by atoms with van der Waals surface area (Å²) in [5, 5.41) is 17.1. The summed E-state index contributed by atoms with van der Waals surface area (Å²) in [5.41, 5.74) is 3.56. The number of anilines is 1. The van der Waals surface area contributed by atoms with Gasteiger partial charge in [0.25, 0.3) is 0 Å². The first-order chi connectivity index (χ1) is 11.7. The van der Waals surface area contributed by atoms with Crippen molar-refractivity contribution >= 4 is 5.82 Å². The summed E-state index contributed by atoms with van der Waals surface area (Å²) in [5.74, 6) is 1.60. The molecule has 2 aromatic heterocycles. The van der Waals surface area contributed by atoms with E-state index in [0.717, 1.165) is 37.7 Å². The van der Waals surface area contributed by atoms with E-state index in [4.69, 9.17) is 5.11 Å². The molecule has 0 saturated carbocycles. The third-order valence-electron chi connectivity index (χ3n) is 4.83. The van der Waals surface area contributed by atoms with Crippen LogP contribution >= 0.6 is 0 Å². The summed E-state index contributed by atoms with van der Waals surface area (Å²) in [6, 6.07) is 5.95. The van der Waals surface area contributed by atoms with Crippen LogP contribution in [-0.4, -0.2) is 51.0 Å². The molecule has 3 rings (SSSR count). The minimum absolute atomic E-state index is 0.131. The van der Waals surface area contributed by atoms with Crippen molar-refractivity contribution in [2.45, 2.75) is 33.4 Å². The number of aryl methyl sites for hydroxylation is 1. The molecule has 24 heavy (non-hydrogen) atoms. The van der Waals surface area contributed by atoms with Crippen molar-refractivity contribution in [2.75, 3.05) is 31.6 Å². The Kier molecular flexibility index (Phi) is 5.48. The average Bonchev–Trinajstić information content (AvgIpc) is 3.15. The maximum Gasteiger partial charge on any atom is 0.125 e. The maximum absolute atomic E-state index is 9.13. The Morgan fingerprint density at radius 2 is 2.21 bits per heavy atom. The first-order valence-electron chi connectivity index (χ1n) is 8.68. The Morgan fingerprint density at radius 1 is 1.33 bits per heavy atom. The lowest BCUT2D eigenvalue weighted by atomic mass is 10.1. The molecule has 1 atom stereocenters. The predicted octanol–water partition coefficient (Wildman–Crippen LogP) is 1.82. The van der Waals surface area contributed by atoms with Crippen LogP contribution in [0.1, 0.15) is 23.4 Å². The van der Waals surface area contributed by atoms with E-state index in [0.29, 0.717) is 12.5 Å². The highest BCUT2D eigenvalue weighted by atomic mass is 16.3. The van der Waals surface area contributed by atoms with E-state index in [2.05, 4.69) is 34.1 Å². The predicted molar refractivity (Wildman–Crippen MR) is 94.9 cm³/mol. The topological polar surface area (TPSA) is 66.2 Å². The molecule has 6 heteroatoms. The lowest BCUT2D eigenvalue weighted by Crippen LogP contribution is -2.23. The van der Waals surface area contributed by atoms with Crippen LogP contribution in [0.25, 0.3) is 0 Å². The van der Waals surface area contributed by atoms with E-state index < -0.39 is 0 Å². The number of hydrogen-bond acceptors (Lipinski definition) is 5. The summed E-state index contributed by atoms with van der Waals surface area (Å²) in [6.07, 6.45) is 3.03. The van der Waals surface area contributed by atoms with Gasteiger partial charge in [0.05, 0.1) is 18.8 Å². The average molecular weight is 329 g/mol. The lowest BCUT2D eigenvalue weighted by Gasteiger charge is -2.17. The van der Waals surface area contributed by atoms with Gasteiger partial charge < -0.3 is 10.4 Å². The summed E-state index contributed by atoms with van der Waals surface area (Å²) >= 11 is 0. The Hall–Kier alpha value is -1.92. The fourth-order valence-corrected chi connectivity index (χ4v) is 3.44. The van der Waals surface area contributed by atoms with Crippen LogP contribution in [0.3, 0.4) is 0 Å². The number of rotatable bonds is 7. The highest BCUT2D eigenvalue weighted by Gasteiger charge is 2.24. The number of nitrogens with zero attached hydrogens (tertiary/aromatic N) is 4. The van der Waals surface area contributed by atoms with E-state index in [-0.39, 0.29) is 6.61 Å². The molecule has 0 spiro atoms. The number of aliphatic hydroxyl groups is 1. The molecular formula is C18H27N5O. The normalized spacial score (nSPS) is 18.2. The zero-order valence-electron chi connectivity index (χ0n) is 14.6. The van der Waals surface area contributed by atoms with Gasteiger partial charge in [-0.15, -0.1) is 0 Å². The van der Waals surface area contributed by atoms with Gasteiger partial charge in [0.1, 0.15) is 5.82 Å². The van der Waals surface area contributed by atoms with Crippen molar-refractivity contribution in [3.8, 4) is 0 Å². The molecule has 1 aliphatic rings. The number of aliphatic hydroxyl groups excluding tert-OH is 1. The van der Waals surface area contributed by atoms with Crippen molar-refractivity contribution in [2.24, 2.45) is 5.92 Å². The van der Waals surface area contributed by atoms with Gasteiger partial charge in [-0.3, -0.25) is 9.58 Å².